The van der Waals surface area contributed by atoms with Crippen LogP contribution in [0, 0.1) is 0 Å². The first kappa shape index (κ1) is 17.4. The maximum atomic E-state index is 12.2. The third-order valence-corrected chi connectivity index (χ3v) is 5.12. The number of rotatable bonds is 6. The number of hydrogen-bond donors (Lipinski definition) is 1. The first-order valence-corrected chi connectivity index (χ1v) is 9.47. The zero-order chi connectivity index (χ0) is 16.6. The molecule has 0 bridgehead atoms. The number of carbonyl (C=O) groups excluding carboxylic acids is 1. The summed E-state index contributed by atoms with van der Waals surface area (Å²) in [5.74, 6) is 0.0483. The van der Waals surface area contributed by atoms with Crippen molar-refractivity contribution in [3.63, 3.8) is 0 Å². The highest BCUT2D eigenvalue weighted by Crippen LogP contribution is 2.20. The number of likely N-dealkylation sites (tertiary alicyclic amines) is 1. The van der Waals surface area contributed by atoms with Gasteiger partial charge in [0.1, 0.15) is 6.61 Å². The van der Waals surface area contributed by atoms with Gasteiger partial charge in [0.15, 0.2) is 0 Å². The molecular weight excluding hydrogens is 300 g/mol. The van der Waals surface area contributed by atoms with Gasteiger partial charge in [0, 0.05) is 19.1 Å². The highest BCUT2D eigenvalue weighted by atomic mass is 16.5. The predicted molar refractivity (Wildman–Crippen MR) is 95.7 cm³/mol. The smallest absolute Gasteiger partial charge is 0.246 e. The highest BCUT2D eigenvalue weighted by Gasteiger charge is 2.22. The molecule has 2 fully saturated rings. The van der Waals surface area contributed by atoms with E-state index in [0.29, 0.717) is 6.10 Å². The van der Waals surface area contributed by atoms with Crippen molar-refractivity contribution in [3.05, 3.63) is 35.9 Å². The lowest BCUT2D eigenvalue weighted by atomic mass is 9.98. The van der Waals surface area contributed by atoms with Crippen molar-refractivity contribution in [1.29, 1.82) is 0 Å². The van der Waals surface area contributed by atoms with Gasteiger partial charge in [-0.2, -0.15) is 0 Å². The molecule has 2 aliphatic rings. The van der Waals surface area contributed by atoms with Gasteiger partial charge in [-0.3, -0.25) is 9.69 Å². The highest BCUT2D eigenvalue weighted by molar-refractivity contribution is 5.77. The van der Waals surface area contributed by atoms with Crippen molar-refractivity contribution >= 4 is 5.91 Å². The largest absolute Gasteiger partial charge is 0.368 e. The Labute approximate surface area is 145 Å². The summed E-state index contributed by atoms with van der Waals surface area (Å²) < 4.78 is 5.78. The van der Waals surface area contributed by atoms with Crippen LogP contribution in [-0.2, 0) is 16.1 Å². The van der Waals surface area contributed by atoms with E-state index in [0.717, 1.165) is 45.3 Å². The third kappa shape index (κ3) is 5.60. The first-order chi connectivity index (χ1) is 11.8. The van der Waals surface area contributed by atoms with Gasteiger partial charge in [-0.05, 0) is 37.8 Å². The molecule has 1 aromatic rings. The summed E-state index contributed by atoms with van der Waals surface area (Å²) in [6.07, 6.45) is 8.52. The Hall–Kier alpha value is -1.39. The molecule has 1 aliphatic carbocycles. The Morgan fingerprint density at radius 1 is 1.08 bits per heavy atom. The van der Waals surface area contributed by atoms with Gasteiger partial charge in [0.2, 0.25) is 5.91 Å². The monoisotopic (exact) mass is 330 g/mol. The lowest BCUT2D eigenvalue weighted by molar-refractivity contribution is -0.129. The fourth-order valence-electron chi connectivity index (χ4n) is 3.85. The van der Waals surface area contributed by atoms with Crippen molar-refractivity contribution in [2.24, 2.45) is 0 Å². The number of ether oxygens (including phenoxy) is 1. The van der Waals surface area contributed by atoms with E-state index in [1.807, 2.05) is 0 Å². The van der Waals surface area contributed by atoms with E-state index < -0.39 is 0 Å². The zero-order valence-corrected chi connectivity index (χ0v) is 14.6. The summed E-state index contributed by atoms with van der Waals surface area (Å²) in [6.45, 7) is 3.23. The summed E-state index contributed by atoms with van der Waals surface area (Å²) in [5, 5.41) is 3.17. The zero-order valence-electron chi connectivity index (χ0n) is 14.6. The molecule has 4 heteroatoms. The number of nitrogens with zero attached hydrogens (tertiary/aromatic N) is 1. The van der Waals surface area contributed by atoms with Gasteiger partial charge in [0.25, 0.3) is 0 Å². The molecule has 0 aromatic heterocycles. The van der Waals surface area contributed by atoms with Crippen LogP contribution in [0.3, 0.4) is 0 Å². The Morgan fingerprint density at radius 2 is 1.88 bits per heavy atom. The van der Waals surface area contributed by atoms with Crippen LogP contribution >= 0.6 is 0 Å². The van der Waals surface area contributed by atoms with Crippen molar-refractivity contribution < 1.29 is 9.53 Å². The molecule has 1 unspecified atom stereocenters. The van der Waals surface area contributed by atoms with Crippen molar-refractivity contribution in [2.75, 3.05) is 19.7 Å². The minimum atomic E-state index is 0.0483. The van der Waals surface area contributed by atoms with Crippen LogP contribution in [0.4, 0.5) is 0 Å². The average Bonchev–Trinajstić information content (AvgIpc) is 2.62. The Balaban J connectivity index is 1.39. The maximum absolute atomic E-state index is 12.2. The number of nitrogens with one attached hydrogen (secondary N) is 1. The second-order valence-corrected chi connectivity index (χ2v) is 7.20. The molecule has 4 nitrogen and oxygen atoms in total. The van der Waals surface area contributed by atoms with E-state index in [9.17, 15) is 4.79 Å². The van der Waals surface area contributed by atoms with E-state index in [-0.39, 0.29) is 18.6 Å². The van der Waals surface area contributed by atoms with E-state index in [2.05, 4.69) is 40.5 Å². The second-order valence-electron chi connectivity index (χ2n) is 7.20. The molecule has 1 heterocycles. The van der Waals surface area contributed by atoms with Crippen LogP contribution in [0.15, 0.2) is 30.3 Å². The molecule has 1 saturated carbocycles. The molecule has 1 aliphatic heterocycles. The summed E-state index contributed by atoms with van der Waals surface area (Å²) >= 11 is 0. The molecule has 1 amide bonds. The molecule has 1 saturated heterocycles. The predicted octanol–water partition coefficient (Wildman–Crippen LogP) is 3.12. The van der Waals surface area contributed by atoms with Crippen LogP contribution in [0.1, 0.15) is 50.5 Å². The van der Waals surface area contributed by atoms with Gasteiger partial charge in [0.05, 0.1) is 6.10 Å². The standard InChI is InChI=1S/C20H30N2O2/c23-20(16-24-19-11-5-2-6-12-19)21-18-10-7-13-22(15-18)14-17-8-3-1-4-9-17/h1,3-4,8-9,18-19H,2,5-7,10-16H2,(H,21,23). The molecule has 0 radical (unpaired) electrons. The number of piperidine rings is 1. The van der Waals surface area contributed by atoms with E-state index in [4.69, 9.17) is 4.74 Å². The molecule has 0 spiro atoms. The normalized spacial score (nSPS) is 23.1. The second kappa shape index (κ2) is 9.19. The van der Waals surface area contributed by atoms with Gasteiger partial charge < -0.3 is 10.1 Å². The van der Waals surface area contributed by atoms with Crippen LogP contribution in [0.5, 0.6) is 0 Å². The molecule has 24 heavy (non-hydrogen) atoms. The quantitative estimate of drug-likeness (QED) is 0.871. The molecule has 1 aromatic carbocycles. The lowest BCUT2D eigenvalue weighted by Gasteiger charge is -2.33. The number of carbonyl (C=O) groups is 1. The first-order valence-electron chi connectivity index (χ1n) is 9.47. The van der Waals surface area contributed by atoms with Gasteiger partial charge in [-0.1, -0.05) is 49.6 Å². The lowest BCUT2D eigenvalue weighted by Crippen LogP contribution is -2.48. The molecule has 3 rings (SSSR count). The Morgan fingerprint density at radius 3 is 2.67 bits per heavy atom. The minimum Gasteiger partial charge on any atom is -0.368 e. The maximum Gasteiger partial charge on any atom is 0.246 e. The Bertz CT molecular complexity index is 500. The fourth-order valence-corrected chi connectivity index (χ4v) is 3.85. The summed E-state index contributed by atoms with van der Waals surface area (Å²) in [7, 11) is 0. The molecule has 1 atom stereocenters. The van der Waals surface area contributed by atoms with Crippen molar-refractivity contribution in [3.8, 4) is 0 Å². The van der Waals surface area contributed by atoms with Crippen molar-refractivity contribution in [2.45, 2.75) is 63.6 Å². The number of hydrogen-bond acceptors (Lipinski definition) is 3. The minimum absolute atomic E-state index is 0.0483. The van der Waals surface area contributed by atoms with Crippen molar-refractivity contribution in [1.82, 2.24) is 10.2 Å². The SMILES string of the molecule is O=C(COC1CCCCC1)NC1CCCN(Cc2ccccc2)C1. The van der Waals surface area contributed by atoms with E-state index in [1.165, 1.54) is 24.8 Å². The third-order valence-electron chi connectivity index (χ3n) is 5.12. The molecular formula is C20H30N2O2. The van der Waals surface area contributed by atoms with Gasteiger partial charge >= 0.3 is 0 Å². The summed E-state index contributed by atoms with van der Waals surface area (Å²) in [6, 6.07) is 10.8. The van der Waals surface area contributed by atoms with Gasteiger partial charge in [-0.15, -0.1) is 0 Å². The molecule has 1 N–H and O–H groups in total. The van der Waals surface area contributed by atoms with Crippen LogP contribution in [0.2, 0.25) is 0 Å². The fraction of sp³-hybridized carbons (Fsp3) is 0.650. The summed E-state index contributed by atoms with van der Waals surface area (Å²) in [4.78, 5) is 14.6. The van der Waals surface area contributed by atoms with Crippen LogP contribution < -0.4 is 5.32 Å². The summed E-state index contributed by atoms with van der Waals surface area (Å²) in [5.41, 5.74) is 1.34. The van der Waals surface area contributed by atoms with Crippen LogP contribution in [-0.4, -0.2) is 42.6 Å². The van der Waals surface area contributed by atoms with Gasteiger partial charge in [-0.25, -0.2) is 0 Å². The average molecular weight is 330 g/mol. The Kier molecular flexibility index (Phi) is 6.67. The number of amides is 1. The van der Waals surface area contributed by atoms with E-state index in [1.54, 1.807) is 0 Å². The topological polar surface area (TPSA) is 41.6 Å². The van der Waals surface area contributed by atoms with E-state index >= 15 is 0 Å². The number of benzene rings is 1. The van der Waals surface area contributed by atoms with Crippen LogP contribution in [0.25, 0.3) is 0 Å². The molecule has 132 valence electrons.